The second-order valence-corrected chi connectivity index (χ2v) is 4.04. The van der Waals surface area contributed by atoms with Gasteiger partial charge in [-0.25, -0.2) is 0 Å². The van der Waals surface area contributed by atoms with Crippen LogP contribution < -0.4 is 15.8 Å². The van der Waals surface area contributed by atoms with Crippen molar-refractivity contribution in [3.63, 3.8) is 0 Å². The van der Waals surface area contributed by atoms with Gasteiger partial charge in [-0.15, -0.1) is 0 Å². The summed E-state index contributed by atoms with van der Waals surface area (Å²) in [5.74, 6) is 0.198. The number of nitrogens with one attached hydrogen (secondary N) is 1. The lowest BCUT2D eigenvalue weighted by molar-refractivity contribution is 0.0931. The van der Waals surface area contributed by atoms with Crippen molar-refractivity contribution in [1.29, 1.82) is 0 Å². The molecule has 0 saturated heterocycles. The Balaban J connectivity index is 2.90. The van der Waals surface area contributed by atoms with E-state index in [4.69, 9.17) is 15.6 Å². The maximum absolute atomic E-state index is 12.1. The summed E-state index contributed by atoms with van der Waals surface area (Å²) in [6, 6.07) is 5.00. The Kier molecular flexibility index (Phi) is 5.45. The van der Waals surface area contributed by atoms with E-state index < -0.39 is 0 Å². The number of hydrogen-bond acceptors (Lipinski definition) is 4. The number of aliphatic hydroxyl groups is 1. The number of hydrogen-bond donors (Lipinski definition) is 3. The molecule has 0 heterocycles. The van der Waals surface area contributed by atoms with Crippen molar-refractivity contribution in [3.8, 4) is 5.75 Å². The number of amides is 1. The molecule has 0 aromatic heterocycles. The van der Waals surface area contributed by atoms with Gasteiger partial charge in [-0.1, -0.05) is 6.07 Å². The zero-order valence-corrected chi connectivity index (χ0v) is 10.8. The maximum atomic E-state index is 12.1. The summed E-state index contributed by atoms with van der Waals surface area (Å²) < 4.78 is 5.39. The van der Waals surface area contributed by atoms with Crippen molar-refractivity contribution in [2.24, 2.45) is 0 Å². The fourth-order valence-corrected chi connectivity index (χ4v) is 1.63. The third-order valence-electron chi connectivity index (χ3n) is 2.52. The number of anilines is 1. The molecule has 5 heteroatoms. The van der Waals surface area contributed by atoms with Crippen LogP contribution >= 0.6 is 0 Å². The summed E-state index contributed by atoms with van der Waals surface area (Å²) in [5.41, 5.74) is 6.55. The fraction of sp³-hybridized carbons (Fsp3) is 0.462. The normalized spacial score (nSPS) is 11.9. The number of nitrogens with two attached hydrogens (primary N) is 1. The zero-order valence-electron chi connectivity index (χ0n) is 10.8. The van der Waals surface area contributed by atoms with E-state index in [9.17, 15) is 4.79 Å². The smallest absolute Gasteiger partial charge is 0.257 e. The third-order valence-corrected chi connectivity index (χ3v) is 2.52. The second-order valence-electron chi connectivity index (χ2n) is 4.04. The van der Waals surface area contributed by atoms with Crippen LogP contribution in [0.4, 0.5) is 5.69 Å². The maximum Gasteiger partial charge on any atom is 0.257 e. The molecule has 5 nitrogen and oxygen atoms in total. The van der Waals surface area contributed by atoms with E-state index in [0.29, 0.717) is 30.0 Å². The molecule has 0 fully saturated rings. The molecule has 1 atom stereocenters. The highest BCUT2D eigenvalue weighted by molar-refractivity contribution is 6.02. The summed E-state index contributed by atoms with van der Waals surface area (Å²) in [5, 5.41) is 11.6. The first kappa shape index (κ1) is 14.3. The Morgan fingerprint density at radius 2 is 2.28 bits per heavy atom. The van der Waals surface area contributed by atoms with E-state index in [-0.39, 0.29) is 18.6 Å². The van der Waals surface area contributed by atoms with Crippen LogP contribution in [0.2, 0.25) is 0 Å². The van der Waals surface area contributed by atoms with Crippen LogP contribution in [0, 0.1) is 0 Å². The van der Waals surface area contributed by atoms with Crippen LogP contribution in [-0.2, 0) is 0 Å². The molecular weight excluding hydrogens is 232 g/mol. The average molecular weight is 252 g/mol. The summed E-state index contributed by atoms with van der Waals surface area (Å²) >= 11 is 0. The van der Waals surface area contributed by atoms with Crippen molar-refractivity contribution in [1.82, 2.24) is 5.32 Å². The molecule has 0 spiro atoms. The van der Waals surface area contributed by atoms with Gasteiger partial charge in [-0.3, -0.25) is 4.79 Å². The molecule has 100 valence electrons. The van der Waals surface area contributed by atoms with Gasteiger partial charge in [0, 0.05) is 18.3 Å². The number of carbonyl (C=O) groups excluding carboxylic acids is 1. The Morgan fingerprint density at radius 3 is 2.89 bits per heavy atom. The van der Waals surface area contributed by atoms with Gasteiger partial charge in [0.2, 0.25) is 0 Å². The minimum atomic E-state index is -0.280. The first-order valence-corrected chi connectivity index (χ1v) is 6.03. The van der Waals surface area contributed by atoms with Crippen molar-refractivity contribution in [2.75, 3.05) is 18.9 Å². The molecule has 0 saturated carbocycles. The van der Waals surface area contributed by atoms with Gasteiger partial charge in [-0.05, 0) is 32.4 Å². The fourth-order valence-electron chi connectivity index (χ4n) is 1.63. The zero-order chi connectivity index (χ0) is 13.5. The first-order valence-electron chi connectivity index (χ1n) is 6.03. The first-order chi connectivity index (χ1) is 8.60. The highest BCUT2D eigenvalue weighted by Crippen LogP contribution is 2.24. The van der Waals surface area contributed by atoms with Crippen LogP contribution in [-0.4, -0.2) is 30.3 Å². The molecule has 0 aliphatic carbocycles. The summed E-state index contributed by atoms with van der Waals surface area (Å²) in [4.78, 5) is 12.1. The van der Waals surface area contributed by atoms with E-state index in [1.807, 2.05) is 13.8 Å². The molecule has 1 unspecified atom stereocenters. The van der Waals surface area contributed by atoms with E-state index >= 15 is 0 Å². The lowest BCUT2D eigenvalue weighted by Gasteiger charge is -2.16. The Labute approximate surface area is 107 Å². The molecule has 1 aromatic carbocycles. The Bertz CT molecular complexity index is 407. The molecule has 18 heavy (non-hydrogen) atoms. The van der Waals surface area contributed by atoms with Gasteiger partial charge in [0.15, 0.2) is 0 Å². The molecule has 0 radical (unpaired) electrons. The minimum Gasteiger partial charge on any atom is -0.493 e. The van der Waals surface area contributed by atoms with Gasteiger partial charge in [0.25, 0.3) is 5.91 Å². The number of aliphatic hydroxyl groups excluding tert-OH is 1. The van der Waals surface area contributed by atoms with Crippen molar-refractivity contribution in [2.45, 2.75) is 26.3 Å². The molecule has 1 amide bonds. The quantitative estimate of drug-likeness (QED) is 0.663. The van der Waals surface area contributed by atoms with Gasteiger partial charge < -0.3 is 20.9 Å². The largest absolute Gasteiger partial charge is 0.493 e. The Hall–Kier alpha value is -1.75. The molecule has 4 N–H and O–H groups in total. The van der Waals surface area contributed by atoms with Gasteiger partial charge in [0.1, 0.15) is 11.3 Å². The topological polar surface area (TPSA) is 84.6 Å². The van der Waals surface area contributed by atoms with Crippen LogP contribution in [0.1, 0.15) is 30.6 Å². The summed E-state index contributed by atoms with van der Waals surface area (Å²) in [6.07, 6.45) is 0.502. The molecule has 0 aliphatic heterocycles. The van der Waals surface area contributed by atoms with Gasteiger partial charge in [-0.2, -0.15) is 0 Å². The summed E-state index contributed by atoms with van der Waals surface area (Å²) in [7, 11) is 0. The molecule has 0 aliphatic rings. The number of rotatable bonds is 6. The minimum absolute atomic E-state index is 0.0318. The number of benzene rings is 1. The monoisotopic (exact) mass is 252 g/mol. The van der Waals surface area contributed by atoms with Gasteiger partial charge in [0.05, 0.1) is 6.61 Å². The standard InChI is InChI=1S/C13H20N2O3/c1-3-18-11-6-4-5-10(14)12(11)13(17)15-9(2)7-8-16/h4-6,9,16H,3,7-8,14H2,1-2H3,(H,15,17). The second kappa shape index (κ2) is 6.86. The van der Waals surface area contributed by atoms with E-state index in [1.165, 1.54) is 0 Å². The SMILES string of the molecule is CCOc1cccc(N)c1C(=O)NC(C)CCO. The molecule has 1 aromatic rings. The van der Waals surface area contributed by atoms with E-state index in [0.717, 1.165) is 0 Å². The van der Waals surface area contributed by atoms with E-state index in [1.54, 1.807) is 18.2 Å². The lowest BCUT2D eigenvalue weighted by atomic mass is 10.1. The molecular formula is C13H20N2O3. The lowest BCUT2D eigenvalue weighted by Crippen LogP contribution is -2.33. The van der Waals surface area contributed by atoms with Crippen LogP contribution in [0.3, 0.4) is 0 Å². The third kappa shape index (κ3) is 3.63. The number of carbonyl (C=O) groups is 1. The highest BCUT2D eigenvalue weighted by atomic mass is 16.5. The molecule has 1 rings (SSSR count). The Morgan fingerprint density at radius 1 is 1.56 bits per heavy atom. The number of ether oxygens (including phenoxy) is 1. The van der Waals surface area contributed by atoms with Crippen molar-refractivity contribution in [3.05, 3.63) is 23.8 Å². The number of nitrogen functional groups attached to an aromatic ring is 1. The molecule has 0 bridgehead atoms. The highest BCUT2D eigenvalue weighted by Gasteiger charge is 2.17. The van der Waals surface area contributed by atoms with Crippen molar-refractivity contribution >= 4 is 11.6 Å². The van der Waals surface area contributed by atoms with Crippen LogP contribution in [0.25, 0.3) is 0 Å². The van der Waals surface area contributed by atoms with Gasteiger partial charge >= 0.3 is 0 Å². The van der Waals surface area contributed by atoms with E-state index in [2.05, 4.69) is 5.32 Å². The predicted molar refractivity (Wildman–Crippen MR) is 70.7 cm³/mol. The van der Waals surface area contributed by atoms with Crippen LogP contribution in [0.5, 0.6) is 5.75 Å². The summed E-state index contributed by atoms with van der Waals surface area (Å²) in [6.45, 7) is 4.17. The van der Waals surface area contributed by atoms with Crippen LogP contribution in [0.15, 0.2) is 18.2 Å². The van der Waals surface area contributed by atoms with Crippen molar-refractivity contribution < 1.29 is 14.6 Å². The predicted octanol–water partition coefficient (Wildman–Crippen LogP) is 1.17. The average Bonchev–Trinajstić information content (AvgIpc) is 2.29.